The number of rotatable bonds is 3. The summed E-state index contributed by atoms with van der Waals surface area (Å²) in [5.41, 5.74) is 5.06. The van der Waals surface area contributed by atoms with Crippen molar-refractivity contribution in [1.82, 2.24) is 10.3 Å². The largest absolute Gasteiger partial charge is 0.491 e. The van der Waals surface area contributed by atoms with Crippen LogP contribution in [0.25, 0.3) is 5.57 Å². The van der Waals surface area contributed by atoms with E-state index in [1.54, 1.807) is 0 Å². The topological polar surface area (TPSA) is 51.2 Å². The molecule has 0 saturated carbocycles. The number of aromatic nitrogens is 1. The van der Waals surface area contributed by atoms with Gasteiger partial charge in [-0.3, -0.25) is 9.78 Å². The zero-order chi connectivity index (χ0) is 13.2. The minimum absolute atomic E-state index is 0.0924. The number of allylic oxidation sites excluding steroid dienone is 1. The Labute approximate surface area is 112 Å². The molecule has 0 aromatic carbocycles. The number of hydrogen-bond acceptors (Lipinski definition) is 3. The van der Waals surface area contributed by atoms with Gasteiger partial charge in [0.15, 0.2) is 0 Å². The number of hydrogen-bond donors (Lipinski definition) is 1. The highest BCUT2D eigenvalue weighted by atomic mass is 16.5. The van der Waals surface area contributed by atoms with Crippen molar-refractivity contribution in [3.8, 4) is 5.75 Å². The van der Waals surface area contributed by atoms with Crippen LogP contribution in [0.15, 0.2) is 12.3 Å². The average Bonchev–Trinajstić information content (AvgIpc) is 3.03. The predicted molar refractivity (Wildman–Crippen MR) is 73.0 cm³/mol. The second-order valence-corrected chi connectivity index (χ2v) is 4.91. The number of ether oxygens (including phenoxy) is 1. The van der Waals surface area contributed by atoms with Crippen LogP contribution in [0.5, 0.6) is 5.75 Å². The molecule has 4 nitrogen and oxygen atoms in total. The van der Waals surface area contributed by atoms with Gasteiger partial charge in [0.1, 0.15) is 5.75 Å². The van der Waals surface area contributed by atoms with E-state index in [-0.39, 0.29) is 5.91 Å². The molecule has 0 fully saturated rings. The molecule has 0 radical (unpaired) electrons. The quantitative estimate of drug-likeness (QED) is 0.900. The molecule has 0 spiro atoms. The van der Waals surface area contributed by atoms with Crippen molar-refractivity contribution in [2.45, 2.75) is 32.6 Å². The van der Waals surface area contributed by atoms with Crippen molar-refractivity contribution in [2.75, 3.05) is 13.2 Å². The molecule has 0 saturated heterocycles. The zero-order valence-electron chi connectivity index (χ0n) is 11.2. The molecule has 0 unspecified atom stereocenters. The molecule has 0 atom stereocenters. The zero-order valence-corrected chi connectivity index (χ0v) is 11.2. The lowest BCUT2D eigenvalue weighted by Crippen LogP contribution is -2.22. The van der Waals surface area contributed by atoms with E-state index in [1.165, 1.54) is 22.4 Å². The lowest BCUT2D eigenvalue weighted by Gasteiger charge is -2.07. The highest BCUT2D eigenvalue weighted by molar-refractivity contribution is 5.78. The van der Waals surface area contributed by atoms with E-state index in [0.29, 0.717) is 13.0 Å². The van der Waals surface area contributed by atoms with Gasteiger partial charge in [0.2, 0.25) is 5.91 Å². The van der Waals surface area contributed by atoms with Crippen LogP contribution in [-0.4, -0.2) is 24.0 Å². The molecule has 1 N–H and O–H groups in total. The van der Waals surface area contributed by atoms with Crippen LogP contribution in [0.4, 0.5) is 0 Å². The van der Waals surface area contributed by atoms with Crippen LogP contribution in [0, 0.1) is 0 Å². The predicted octanol–water partition coefficient (Wildman–Crippen LogP) is 1.87. The van der Waals surface area contributed by atoms with Crippen LogP contribution in [0.3, 0.4) is 0 Å². The van der Waals surface area contributed by atoms with Gasteiger partial charge in [-0.1, -0.05) is 13.0 Å². The van der Waals surface area contributed by atoms with Crippen molar-refractivity contribution in [3.05, 3.63) is 29.1 Å². The molecule has 3 rings (SSSR count). The van der Waals surface area contributed by atoms with E-state index in [2.05, 4.69) is 16.4 Å². The van der Waals surface area contributed by atoms with E-state index in [0.717, 1.165) is 31.6 Å². The molecule has 100 valence electrons. The summed E-state index contributed by atoms with van der Waals surface area (Å²) in [7, 11) is 0. The summed E-state index contributed by atoms with van der Waals surface area (Å²) in [4.78, 5) is 15.7. The number of nitrogens with zero attached hydrogens (tertiary/aromatic N) is 1. The third kappa shape index (κ3) is 2.23. The number of aryl methyl sites for hydroxylation is 1. The van der Waals surface area contributed by atoms with Gasteiger partial charge < -0.3 is 10.1 Å². The van der Waals surface area contributed by atoms with Gasteiger partial charge in [0.05, 0.1) is 12.8 Å². The van der Waals surface area contributed by atoms with Crippen LogP contribution >= 0.6 is 0 Å². The first-order valence-electron chi connectivity index (χ1n) is 6.89. The number of pyridine rings is 1. The van der Waals surface area contributed by atoms with Gasteiger partial charge in [-0.2, -0.15) is 0 Å². The monoisotopic (exact) mass is 258 g/mol. The third-order valence-electron chi connectivity index (χ3n) is 3.76. The number of amides is 1. The van der Waals surface area contributed by atoms with E-state index >= 15 is 0 Å². The maximum absolute atomic E-state index is 11.2. The SMILES string of the molecule is CCC(=O)NCC=C1CCc2ncc3c(c21)CCO3. The first kappa shape index (κ1) is 12.2. The summed E-state index contributed by atoms with van der Waals surface area (Å²) in [6.07, 6.45) is 7.49. The Morgan fingerprint density at radius 3 is 3.21 bits per heavy atom. The van der Waals surface area contributed by atoms with Crippen molar-refractivity contribution in [2.24, 2.45) is 0 Å². The summed E-state index contributed by atoms with van der Waals surface area (Å²) < 4.78 is 5.57. The Morgan fingerprint density at radius 2 is 2.37 bits per heavy atom. The number of nitrogens with one attached hydrogen (secondary N) is 1. The molecular weight excluding hydrogens is 240 g/mol. The molecule has 1 aromatic heterocycles. The standard InChI is InChI=1S/C15H18N2O2/c1-2-14(18)16-7-5-10-3-4-12-15(10)11-6-8-19-13(11)9-17-12/h5,9H,2-4,6-8H2,1H3,(H,16,18). The summed E-state index contributed by atoms with van der Waals surface area (Å²) in [6.45, 7) is 3.22. The molecule has 1 aromatic rings. The normalized spacial score (nSPS) is 18.1. The molecule has 2 heterocycles. The fraction of sp³-hybridized carbons (Fsp3) is 0.467. The molecule has 1 amide bonds. The van der Waals surface area contributed by atoms with Crippen molar-refractivity contribution in [3.63, 3.8) is 0 Å². The van der Waals surface area contributed by atoms with E-state index in [1.807, 2.05) is 13.1 Å². The van der Waals surface area contributed by atoms with E-state index < -0.39 is 0 Å². The minimum Gasteiger partial charge on any atom is -0.491 e. The van der Waals surface area contributed by atoms with Gasteiger partial charge in [-0.25, -0.2) is 0 Å². The Kier molecular flexibility index (Phi) is 3.23. The fourth-order valence-corrected chi connectivity index (χ4v) is 2.78. The highest BCUT2D eigenvalue weighted by Gasteiger charge is 2.26. The van der Waals surface area contributed by atoms with Crippen molar-refractivity contribution < 1.29 is 9.53 Å². The molecule has 19 heavy (non-hydrogen) atoms. The minimum atomic E-state index is 0.0924. The van der Waals surface area contributed by atoms with E-state index in [9.17, 15) is 4.79 Å². The van der Waals surface area contributed by atoms with Crippen molar-refractivity contribution in [1.29, 1.82) is 0 Å². The molecule has 2 aliphatic rings. The van der Waals surface area contributed by atoms with Gasteiger partial charge in [-0.05, 0) is 18.4 Å². The first-order chi connectivity index (χ1) is 9.29. The maximum Gasteiger partial charge on any atom is 0.219 e. The summed E-state index contributed by atoms with van der Waals surface area (Å²) in [5.74, 6) is 1.03. The summed E-state index contributed by atoms with van der Waals surface area (Å²) >= 11 is 0. The number of carbonyl (C=O) groups is 1. The molecular formula is C15H18N2O2. The molecule has 0 bridgehead atoms. The van der Waals surface area contributed by atoms with Gasteiger partial charge in [-0.15, -0.1) is 0 Å². The highest BCUT2D eigenvalue weighted by Crippen LogP contribution is 2.39. The summed E-state index contributed by atoms with van der Waals surface area (Å²) in [5, 5.41) is 2.89. The molecule has 4 heteroatoms. The maximum atomic E-state index is 11.2. The molecule has 1 aliphatic carbocycles. The first-order valence-corrected chi connectivity index (χ1v) is 6.89. The van der Waals surface area contributed by atoms with Crippen LogP contribution in [0.2, 0.25) is 0 Å². The lowest BCUT2D eigenvalue weighted by atomic mass is 10.0. The fourth-order valence-electron chi connectivity index (χ4n) is 2.78. The second-order valence-electron chi connectivity index (χ2n) is 4.91. The van der Waals surface area contributed by atoms with Gasteiger partial charge in [0.25, 0.3) is 0 Å². The van der Waals surface area contributed by atoms with Crippen LogP contribution in [-0.2, 0) is 17.6 Å². The Balaban J connectivity index is 1.83. The lowest BCUT2D eigenvalue weighted by molar-refractivity contribution is -0.120. The average molecular weight is 258 g/mol. The van der Waals surface area contributed by atoms with Crippen LogP contribution in [0.1, 0.15) is 36.6 Å². The molecule has 1 aliphatic heterocycles. The van der Waals surface area contributed by atoms with Gasteiger partial charge in [0, 0.05) is 36.2 Å². The van der Waals surface area contributed by atoms with Gasteiger partial charge >= 0.3 is 0 Å². The third-order valence-corrected chi connectivity index (χ3v) is 3.76. The van der Waals surface area contributed by atoms with E-state index in [4.69, 9.17) is 4.74 Å². The number of fused-ring (bicyclic) bond motifs is 3. The Morgan fingerprint density at radius 1 is 1.47 bits per heavy atom. The Hall–Kier alpha value is -1.84. The second kappa shape index (κ2) is 5.03. The van der Waals surface area contributed by atoms with Crippen molar-refractivity contribution >= 4 is 11.5 Å². The summed E-state index contributed by atoms with van der Waals surface area (Å²) in [6, 6.07) is 0. The van der Waals surface area contributed by atoms with Crippen LogP contribution < -0.4 is 10.1 Å². The number of carbonyl (C=O) groups excluding carboxylic acids is 1. The smallest absolute Gasteiger partial charge is 0.219 e. The Bertz CT molecular complexity index is 549.